The molecule has 6 atom stereocenters. The molecule has 0 radical (unpaired) electrons. The lowest BCUT2D eigenvalue weighted by atomic mass is 9.48. The summed E-state index contributed by atoms with van der Waals surface area (Å²) < 4.78 is 0. The highest BCUT2D eigenvalue weighted by Crippen LogP contribution is 2.64. The SMILES string of the molecule is C#C.CCCC1(C)/C(=C\C=O)CCC2C1CCC1(C)C(O)CCC21. The minimum absolute atomic E-state index is 0.0946. The van der Waals surface area contributed by atoms with Crippen molar-refractivity contribution in [1.82, 2.24) is 0 Å². The molecule has 24 heavy (non-hydrogen) atoms. The topological polar surface area (TPSA) is 37.3 Å². The van der Waals surface area contributed by atoms with Crippen LogP contribution in [0.4, 0.5) is 0 Å². The molecule has 2 nitrogen and oxygen atoms in total. The van der Waals surface area contributed by atoms with E-state index in [1.807, 2.05) is 6.08 Å². The second kappa shape index (κ2) is 7.44. The molecule has 134 valence electrons. The zero-order valence-corrected chi connectivity index (χ0v) is 15.6. The molecule has 3 rings (SSSR count). The predicted octanol–water partition coefficient (Wildman–Crippen LogP) is 4.76. The van der Waals surface area contributed by atoms with Crippen LogP contribution in [0.5, 0.6) is 0 Å². The average molecular weight is 331 g/mol. The van der Waals surface area contributed by atoms with Gasteiger partial charge in [-0.3, -0.25) is 4.79 Å². The number of carbonyl (C=O) groups excluding carboxylic acids is 1. The molecular formula is C22H34O2. The Kier molecular flexibility index (Phi) is 5.97. The van der Waals surface area contributed by atoms with Crippen LogP contribution in [-0.4, -0.2) is 17.5 Å². The monoisotopic (exact) mass is 330 g/mol. The van der Waals surface area contributed by atoms with Gasteiger partial charge in [-0.1, -0.05) is 32.8 Å². The third-order valence-electron chi connectivity index (χ3n) is 7.72. The first-order valence-corrected chi connectivity index (χ1v) is 9.63. The van der Waals surface area contributed by atoms with Gasteiger partial charge in [0.25, 0.3) is 0 Å². The lowest BCUT2D eigenvalue weighted by Gasteiger charge is -2.57. The van der Waals surface area contributed by atoms with E-state index in [1.165, 1.54) is 37.7 Å². The fraction of sp³-hybridized carbons (Fsp3) is 0.773. The lowest BCUT2D eigenvalue weighted by molar-refractivity contribution is -0.104. The van der Waals surface area contributed by atoms with Gasteiger partial charge in [0.1, 0.15) is 6.29 Å². The van der Waals surface area contributed by atoms with Gasteiger partial charge in [0, 0.05) is 0 Å². The molecule has 0 bridgehead atoms. The minimum atomic E-state index is -0.0946. The third kappa shape index (κ3) is 2.86. The second-order valence-electron chi connectivity index (χ2n) is 8.55. The first-order valence-electron chi connectivity index (χ1n) is 9.63. The van der Waals surface area contributed by atoms with Crippen LogP contribution in [0.1, 0.15) is 72.1 Å². The van der Waals surface area contributed by atoms with Crippen molar-refractivity contribution in [1.29, 1.82) is 0 Å². The molecule has 0 amide bonds. The van der Waals surface area contributed by atoms with E-state index in [9.17, 15) is 9.90 Å². The molecule has 0 aliphatic heterocycles. The second-order valence-corrected chi connectivity index (χ2v) is 8.55. The first kappa shape index (κ1) is 19.3. The summed E-state index contributed by atoms with van der Waals surface area (Å²) >= 11 is 0. The predicted molar refractivity (Wildman–Crippen MR) is 99.3 cm³/mol. The fourth-order valence-electron chi connectivity index (χ4n) is 6.52. The summed E-state index contributed by atoms with van der Waals surface area (Å²) in [5.41, 5.74) is 1.75. The number of aldehydes is 1. The number of allylic oxidation sites excluding steroid dienone is 2. The van der Waals surface area contributed by atoms with Crippen molar-refractivity contribution in [3.63, 3.8) is 0 Å². The molecule has 0 aromatic carbocycles. The summed E-state index contributed by atoms with van der Waals surface area (Å²) in [6.07, 6.45) is 20.0. The molecule has 3 aliphatic rings. The van der Waals surface area contributed by atoms with E-state index in [4.69, 9.17) is 0 Å². The molecule has 1 N–H and O–H groups in total. The Labute approximate surface area is 148 Å². The Morgan fingerprint density at radius 2 is 1.88 bits per heavy atom. The van der Waals surface area contributed by atoms with Gasteiger partial charge in [-0.05, 0) is 79.6 Å². The van der Waals surface area contributed by atoms with Crippen molar-refractivity contribution in [2.24, 2.45) is 28.6 Å². The van der Waals surface area contributed by atoms with Crippen LogP contribution < -0.4 is 0 Å². The van der Waals surface area contributed by atoms with Gasteiger partial charge in [-0.25, -0.2) is 0 Å². The fourth-order valence-corrected chi connectivity index (χ4v) is 6.52. The van der Waals surface area contributed by atoms with Crippen LogP contribution in [0, 0.1) is 41.4 Å². The van der Waals surface area contributed by atoms with Crippen LogP contribution >= 0.6 is 0 Å². The summed E-state index contributed by atoms with van der Waals surface area (Å²) in [6.45, 7) is 7.01. The van der Waals surface area contributed by atoms with E-state index in [1.54, 1.807) is 0 Å². The number of hydrogen-bond donors (Lipinski definition) is 1. The molecule has 3 aliphatic carbocycles. The molecule has 2 heteroatoms. The summed E-state index contributed by atoms with van der Waals surface area (Å²) in [5.74, 6) is 2.14. The molecule has 6 unspecified atom stereocenters. The zero-order chi connectivity index (χ0) is 18.0. The molecule has 3 fully saturated rings. The highest BCUT2D eigenvalue weighted by Gasteiger charge is 2.58. The van der Waals surface area contributed by atoms with Crippen molar-refractivity contribution < 1.29 is 9.90 Å². The minimum Gasteiger partial charge on any atom is -0.393 e. The molecular weight excluding hydrogens is 296 g/mol. The molecule has 0 spiro atoms. The number of hydrogen-bond acceptors (Lipinski definition) is 2. The largest absolute Gasteiger partial charge is 0.393 e. The Morgan fingerprint density at radius 1 is 1.17 bits per heavy atom. The van der Waals surface area contributed by atoms with Crippen LogP contribution in [0.2, 0.25) is 0 Å². The summed E-state index contributed by atoms with van der Waals surface area (Å²) in [7, 11) is 0. The van der Waals surface area contributed by atoms with Crippen molar-refractivity contribution in [2.45, 2.75) is 78.2 Å². The number of fused-ring (bicyclic) bond motifs is 3. The third-order valence-corrected chi connectivity index (χ3v) is 7.72. The van der Waals surface area contributed by atoms with Crippen molar-refractivity contribution in [2.75, 3.05) is 0 Å². The number of carbonyl (C=O) groups is 1. The maximum atomic E-state index is 11.1. The van der Waals surface area contributed by atoms with E-state index in [0.29, 0.717) is 11.8 Å². The normalized spacial score (nSPS) is 45.7. The molecule has 0 aromatic heterocycles. The van der Waals surface area contributed by atoms with Crippen molar-refractivity contribution in [3.8, 4) is 12.8 Å². The zero-order valence-electron chi connectivity index (χ0n) is 15.6. The quantitative estimate of drug-likeness (QED) is 0.460. The Hall–Kier alpha value is -1.07. The maximum Gasteiger partial charge on any atom is 0.142 e. The van der Waals surface area contributed by atoms with E-state index in [0.717, 1.165) is 31.5 Å². The van der Waals surface area contributed by atoms with Gasteiger partial charge in [0.2, 0.25) is 0 Å². The Morgan fingerprint density at radius 3 is 2.50 bits per heavy atom. The Bertz CT molecular complexity index is 505. The first-order chi connectivity index (χ1) is 11.5. The van der Waals surface area contributed by atoms with Gasteiger partial charge < -0.3 is 5.11 Å². The standard InChI is InChI=1S/C20H32O2.C2H2/c1-4-11-19(2)14(10-13-21)5-6-15-16-7-8-18(22)20(16,3)12-9-17(15)19;1-2/h10,13,15-18,22H,4-9,11-12H2,1-3H3;1-2H/b14-10-;. The van der Waals surface area contributed by atoms with Gasteiger partial charge in [0.15, 0.2) is 0 Å². The smallest absolute Gasteiger partial charge is 0.142 e. The highest BCUT2D eigenvalue weighted by molar-refractivity contribution is 5.66. The maximum absolute atomic E-state index is 11.1. The summed E-state index contributed by atoms with van der Waals surface area (Å²) in [5, 5.41) is 10.5. The molecule has 0 heterocycles. The summed E-state index contributed by atoms with van der Waals surface area (Å²) in [4.78, 5) is 11.1. The van der Waals surface area contributed by atoms with Gasteiger partial charge in [0.05, 0.1) is 6.10 Å². The van der Waals surface area contributed by atoms with Crippen molar-refractivity contribution >= 4 is 6.29 Å². The number of terminal acetylenes is 1. The van der Waals surface area contributed by atoms with Gasteiger partial charge in [-0.15, -0.1) is 12.8 Å². The highest BCUT2D eigenvalue weighted by atomic mass is 16.3. The van der Waals surface area contributed by atoms with Gasteiger partial charge in [-0.2, -0.15) is 0 Å². The average Bonchev–Trinajstić information content (AvgIpc) is 2.88. The van der Waals surface area contributed by atoms with Crippen LogP contribution in [0.15, 0.2) is 11.6 Å². The molecule has 3 saturated carbocycles. The number of aliphatic hydroxyl groups is 1. The molecule has 0 saturated heterocycles. The van der Waals surface area contributed by atoms with Gasteiger partial charge >= 0.3 is 0 Å². The van der Waals surface area contributed by atoms with E-state index < -0.39 is 0 Å². The van der Waals surface area contributed by atoms with E-state index in [2.05, 4.69) is 33.6 Å². The van der Waals surface area contributed by atoms with Crippen molar-refractivity contribution in [3.05, 3.63) is 11.6 Å². The van der Waals surface area contributed by atoms with E-state index >= 15 is 0 Å². The Balaban J connectivity index is 0.00000100. The summed E-state index contributed by atoms with van der Waals surface area (Å²) in [6, 6.07) is 0. The van der Waals surface area contributed by atoms with Crippen LogP contribution in [0.25, 0.3) is 0 Å². The van der Waals surface area contributed by atoms with Crippen LogP contribution in [0.3, 0.4) is 0 Å². The van der Waals surface area contributed by atoms with E-state index in [-0.39, 0.29) is 16.9 Å². The number of rotatable bonds is 3. The molecule has 0 aromatic rings. The lowest BCUT2D eigenvalue weighted by Crippen LogP contribution is -2.50. The number of aliphatic hydroxyl groups excluding tert-OH is 1. The van der Waals surface area contributed by atoms with Crippen LogP contribution in [-0.2, 0) is 4.79 Å².